The van der Waals surface area contributed by atoms with Crippen molar-refractivity contribution in [3.05, 3.63) is 60.2 Å². The van der Waals surface area contributed by atoms with Crippen LogP contribution in [0.2, 0.25) is 0 Å². The summed E-state index contributed by atoms with van der Waals surface area (Å²) < 4.78 is 11.2. The molecule has 0 saturated carbocycles. The lowest BCUT2D eigenvalue weighted by Gasteiger charge is -2.34. The Balaban J connectivity index is 1.98. The third kappa shape index (κ3) is 1.74. The van der Waals surface area contributed by atoms with Gasteiger partial charge >= 0.3 is 0 Å². The summed E-state index contributed by atoms with van der Waals surface area (Å²) in [5, 5.41) is 10.4. The van der Waals surface area contributed by atoms with Crippen LogP contribution in [0.3, 0.4) is 0 Å². The topological polar surface area (TPSA) is 38.7 Å². The van der Waals surface area contributed by atoms with Crippen LogP contribution in [0.5, 0.6) is 11.5 Å². The molecule has 0 saturated heterocycles. The molecular weight excluding hydrogens is 216 g/mol. The molecule has 3 heteroatoms. The van der Waals surface area contributed by atoms with E-state index in [2.05, 4.69) is 0 Å². The maximum atomic E-state index is 10.4. The summed E-state index contributed by atoms with van der Waals surface area (Å²) in [6, 6.07) is 16.6. The smallest absolute Gasteiger partial charge is 0.269 e. The minimum atomic E-state index is -1.41. The van der Waals surface area contributed by atoms with Crippen LogP contribution in [0.1, 0.15) is 5.56 Å². The average Bonchev–Trinajstić information content (AvgIpc) is 2.40. The highest BCUT2D eigenvalue weighted by atomic mass is 16.7. The Morgan fingerprint density at radius 1 is 0.882 bits per heavy atom. The molecule has 0 spiro atoms. The molecular formula is C14H12O3. The van der Waals surface area contributed by atoms with E-state index in [1.807, 2.05) is 48.5 Å². The van der Waals surface area contributed by atoms with Crippen LogP contribution in [0.15, 0.2) is 54.6 Å². The Morgan fingerprint density at radius 3 is 2.29 bits per heavy atom. The zero-order valence-electron chi connectivity index (χ0n) is 9.17. The summed E-state index contributed by atoms with van der Waals surface area (Å²) in [7, 11) is 0. The number of fused-ring (bicyclic) bond motifs is 1. The number of ether oxygens (including phenoxy) is 2. The van der Waals surface area contributed by atoms with E-state index in [9.17, 15) is 5.11 Å². The first-order chi connectivity index (χ1) is 8.28. The Morgan fingerprint density at radius 2 is 1.53 bits per heavy atom. The fourth-order valence-corrected chi connectivity index (χ4v) is 1.88. The molecule has 17 heavy (non-hydrogen) atoms. The number of hydrogen-bond acceptors (Lipinski definition) is 3. The molecule has 2 aromatic rings. The zero-order valence-corrected chi connectivity index (χ0v) is 9.17. The lowest BCUT2D eigenvalue weighted by atomic mass is 10.1. The van der Waals surface area contributed by atoms with Crippen molar-refractivity contribution in [3.8, 4) is 11.5 Å². The van der Waals surface area contributed by atoms with E-state index < -0.39 is 5.79 Å². The third-order valence-electron chi connectivity index (χ3n) is 2.78. The molecule has 0 aliphatic carbocycles. The van der Waals surface area contributed by atoms with Gasteiger partial charge in [-0.1, -0.05) is 42.5 Å². The Hall–Kier alpha value is -2.00. The summed E-state index contributed by atoms with van der Waals surface area (Å²) >= 11 is 0. The van der Waals surface area contributed by atoms with E-state index in [1.54, 1.807) is 6.07 Å². The predicted octanol–water partition coefficient (Wildman–Crippen LogP) is 2.30. The fourth-order valence-electron chi connectivity index (χ4n) is 1.88. The summed E-state index contributed by atoms with van der Waals surface area (Å²) in [4.78, 5) is 0. The lowest BCUT2D eigenvalue weighted by molar-refractivity contribution is -0.182. The van der Waals surface area contributed by atoms with Crippen LogP contribution in [0.4, 0.5) is 0 Å². The van der Waals surface area contributed by atoms with Crippen molar-refractivity contribution < 1.29 is 14.6 Å². The zero-order chi connectivity index (χ0) is 11.7. The molecule has 0 fully saturated rings. The normalized spacial score (nSPS) is 22.2. The minimum Gasteiger partial charge on any atom is -0.482 e. The molecule has 0 unspecified atom stereocenters. The molecule has 86 valence electrons. The molecule has 0 amide bonds. The van der Waals surface area contributed by atoms with Gasteiger partial charge < -0.3 is 14.6 Å². The van der Waals surface area contributed by atoms with Crippen LogP contribution in [0.25, 0.3) is 0 Å². The van der Waals surface area contributed by atoms with Gasteiger partial charge in [-0.2, -0.15) is 0 Å². The van der Waals surface area contributed by atoms with Crippen molar-refractivity contribution in [2.45, 2.75) is 5.79 Å². The van der Waals surface area contributed by atoms with Crippen LogP contribution in [0, 0.1) is 0 Å². The molecule has 3 nitrogen and oxygen atoms in total. The highest BCUT2D eigenvalue weighted by Crippen LogP contribution is 2.37. The van der Waals surface area contributed by atoms with E-state index in [4.69, 9.17) is 9.47 Å². The number of benzene rings is 2. The third-order valence-corrected chi connectivity index (χ3v) is 2.78. The summed E-state index contributed by atoms with van der Waals surface area (Å²) in [6.07, 6.45) is 0. The van der Waals surface area contributed by atoms with E-state index >= 15 is 0 Å². The highest BCUT2D eigenvalue weighted by molar-refractivity contribution is 5.42. The molecule has 3 rings (SSSR count). The van der Waals surface area contributed by atoms with Crippen LogP contribution < -0.4 is 9.47 Å². The van der Waals surface area contributed by atoms with Gasteiger partial charge in [0.05, 0.1) is 0 Å². The molecule has 1 N–H and O–H groups in total. The van der Waals surface area contributed by atoms with Gasteiger partial charge in [-0.05, 0) is 12.1 Å². The first-order valence-electron chi connectivity index (χ1n) is 5.47. The van der Waals surface area contributed by atoms with Gasteiger partial charge in [-0.3, -0.25) is 0 Å². The number of rotatable bonds is 1. The molecule has 1 heterocycles. The van der Waals surface area contributed by atoms with Crippen LogP contribution >= 0.6 is 0 Å². The van der Waals surface area contributed by atoms with Gasteiger partial charge in [-0.15, -0.1) is 0 Å². The van der Waals surface area contributed by atoms with Crippen molar-refractivity contribution in [3.63, 3.8) is 0 Å². The van der Waals surface area contributed by atoms with Crippen molar-refractivity contribution in [1.82, 2.24) is 0 Å². The predicted molar refractivity (Wildman–Crippen MR) is 62.9 cm³/mol. The van der Waals surface area contributed by atoms with E-state index in [0.29, 0.717) is 17.1 Å². The maximum Gasteiger partial charge on any atom is 0.269 e. The Labute approximate surface area is 99.2 Å². The molecule has 0 aromatic heterocycles. The van der Waals surface area contributed by atoms with Gasteiger partial charge in [0.15, 0.2) is 18.1 Å². The molecule has 2 aromatic carbocycles. The molecule has 1 atom stereocenters. The lowest BCUT2D eigenvalue weighted by Crippen LogP contribution is -2.41. The second kappa shape index (κ2) is 3.79. The standard InChI is InChI=1S/C14H12O3/c15-14(11-6-2-1-3-7-11)10-16-12-8-4-5-9-13(12)17-14/h1-9,15H,10H2/t14-/m1/s1. The van der Waals surface area contributed by atoms with Crippen molar-refractivity contribution in [2.75, 3.05) is 6.61 Å². The second-order valence-electron chi connectivity index (χ2n) is 3.99. The van der Waals surface area contributed by atoms with Gasteiger partial charge in [-0.25, -0.2) is 0 Å². The highest BCUT2D eigenvalue weighted by Gasteiger charge is 2.37. The summed E-state index contributed by atoms with van der Waals surface area (Å²) in [5.74, 6) is -0.187. The summed E-state index contributed by atoms with van der Waals surface area (Å²) in [5.41, 5.74) is 0.689. The second-order valence-corrected chi connectivity index (χ2v) is 3.99. The van der Waals surface area contributed by atoms with Gasteiger partial charge in [0.2, 0.25) is 0 Å². The monoisotopic (exact) mass is 228 g/mol. The Bertz CT molecular complexity index is 524. The largest absolute Gasteiger partial charge is 0.482 e. The fraction of sp³-hybridized carbons (Fsp3) is 0.143. The minimum absolute atomic E-state index is 0.0913. The van der Waals surface area contributed by atoms with Crippen molar-refractivity contribution in [2.24, 2.45) is 0 Å². The SMILES string of the molecule is O[C@]1(c2ccccc2)COc2ccccc2O1. The van der Waals surface area contributed by atoms with E-state index in [0.717, 1.165) is 0 Å². The quantitative estimate of drug-likeness (QED) is 0.814. The maximum absolute atomic E-state index is 10.4. The molecule has 0 bridgehead atoms. The van der Waals surface area contributed by atoms with Crippen LogP contribution in [-0.4, -0.2) is 11.7 Å². The Kier molecular flexibility index (Phi) is 2.27. The number of aliphatic hydroxyl groups is 1. The van der Waals surface area contributed by atoms with E-state index in [-0.39, 0.29) is 6.61 Å². The van der Waals surface area contributed by atoms with Crippen molar-refractivity contribution >= 4 is 0 Å². The van der Waals surface area contributed by atoms with Gasteiger partial charge in [0.1, 0.15) is 0 Å². The van der Waals surface area contributed by atoms with E-state index in [1.165, 1.54) is 0 Å². The number of para-hydroxylation sites is 2. The molecule has 1 aliphatic heterocycles. The van der Waals surface area contributed by atoms with Crippen LogP contribution in [-0.2, 0) is 5.79 Å². The van der Waals surface area contributed by atoms with Gasteiger partial charge in [0, 0.05) is 5.56 Å². The molecule has 0 radical (unpaired) electrons. The van der Waals surface area contributed by atoms with Crippen molar-refractivity contribution in [1.29, 1.82) is 0 Å². The van der Waals surface area contributed by atoms with Gasteiger partial charge in [0.25, 0.3) is 5.79 Å². The average molecular weight is 228 g/mol. The first-order valence-corrected chi connectivity index (χ1v) is 5.47. The summed E-state index contributed by atoms with van der Waals surface area (Å²) in [6.45, 7) is 0.0913. The molecule has 1 aliphatic rings. The number of hydrogen-bond donors (Lipinski definition) is 1. The first kappa shape index (κ1) is 10.2.